The number of carbonyl (C=O) groups excluding carboxylic acids is 3. The Balaban J connectivity index is 2.70. The van der Waals surface area contributed by atoms with E-state index in [1.54, 1.807) is 41.5 Å². The first kappa shape index (κ1) is 25.6. The van der Waals surface area contributed by atoms with Gasteiger partial charge in [-0.15, -0.1) is 0 Å². The molecule has 8 nitrogen and oxygen atoms in total. The lowest BCUT2D eigenvalue weighted by atomic mass is 9.61. The molecule has 1 aliphatic rings. The number of benzene rings is 1. The highest BCUT2D eigenvalue weighted by Crippen LogP contribution is 2.48. The van der Waals surface area contributed by atoms with Gasteiger partial charge in [-0.25, -0.2) is 0 Å². The zero-order valence-corrected chi connectivity index (χ0v) is 20.0. The van der Waals surface area contributed by atoms with E-state index in [-0.39, 0.29) is 11.5 Å². The lowest BCUT2D eigenvalue weighted by Crippen LogP contribution is -2.56. The number of hydrogen-bond donors (Lipinski definition) is 2. The van der Waals surface area contributed by atoms with Crippen LogP contribution in [0.1, 0.15) is 66.4 Å². The smallest absolute Gasteiger partial charge is 0.317 e. The predicted molar refractivity (Wildman–Crippen MR) is 116 cm³/mol. The fourth-order valence-electron chi connectivity index (χ4n) is 4.05. The Hall–Kier alpha value is -2.61. The summed E-state index contributed by atoms with van der Waals surface area (Å²) in [7, 11) is 1.36. The van der Waals surface area contributed by atoms with Crippen molar-refractivity contribution in [2.45, 2.75) is 77.6 Å². The molecule has 4 unspecified atom stereocenters. The van der Waals surface area contributed by atoms with Gasteiger partial charge in [-0.05, 0) is 66.2 Å². The fraction of sp³-hybridized carbons (Fsp3) is 0.625. The summed E-state index contributed by atoms with van der Waals surface area (Å²) < 4.78 is 16.2. The van der Waals surface area contributed by atoms with Gasteiger partial charge in [-0.3, -0.25) is 14.4 Å². The number of hydrogen-bond acceptors (Lipinski definition) is 8. The van der Waals surface area contributed by atoms with Crippen molar-refractivity contribution in [1.29, 1.82) is 0 Å². The van der Waals surface area contributed by atoms with Crippen LogP contribution in [-0.2, 0) is 23.9 Å². The van der Waals surface area contributed by atoms with Crippen molar-refractivity contribution in [3.05, 3.63) is 23.8 Å². The molecule has 0 heterocycles. The standard InChI is InChI=1S/C24H34O8/c1-22(2,3)31-20(27)18-15(26)12-24(7,29)19(21(28)32-23(4,5)6)17(18)13-9-10-14(25)16(11-13)30-8/h9-11,17-19,25,29H,12H2,1-8H3. The number of ketones is 1. The highest BCUT2D eigenvalue weighted by molar-refractivity contribution is 6.03. The van der Waals surface area contributed by atoms with Gasteiger partial charge in [0.05, 0.1) is 18.6 Å². The van der Waals surface area contributed by atoms with Crippen molar-refractivity contribution in [1.82, 2.24) is 0 Å². The van der Waals surface area contributed by atoms with Crippen LogP contribution in [0.2, 0.25) is 0 Å². The van der Waals surface area contributed by atoms with Gasteiger partial charge >= 0.3 is 11.9 Å². The number of Topliss-reactive ketones (excluding diaryl/α,β-unsaturated/α-hetero) is 1. The first-order valence-corrected chi connectivity index (χ1v) is 10.5. The number of phenolic OH excluding ortho intramolecular Hbond substituents is 1. The molecule has 1 saturated carbocycles. The van der Waals surface area contributed by atoms with Crippen LogP contribution in [0.25, 0.3) is 0 Å². The van der Waals surface area contributed by atoms with E-state index in [1.165, 1.54) is 32.2 Å². The van der Waals surface area contributed by atoms with E-state index in [0.29, 0.717) is 5.56 Å². The first-order chi connectivity index (χ1) is 14.5. The summed E-state index contributed by atoms with van der Waals surface area (Å²) >= 11 is 0. The third kappa shape index (κ3) is 5.79. The molecule has 178 valence electrons. The van der Waals surface area contributed by atoms with Crippen LogP contribution in [0.3, 0.4) is 0 Å². The minimum Gasteiger partial charge on any atom is -0.504 e. The largest absolute Gasteiger partial charge is 0.504 e. The summed E-state index contributed by atoms with van der Waals surface area (Å²) in [6, 6.07) is 4.29. The van der Waals surface area contributed by atoms with E-state index in [2.05, 4.69) is 0 Å². The van der Waals surface area contributed by atoms with Gasteiger partial charge in [0.15, 0.2) is 17.3 Å². The topological polar surface area (TPSA) is 119 Å². The van der Waals surface area contributed by atoms with E-state index >= 15 is 0 Å². The third-order valence-electron chi connectivity index (χ3n) is 5.18. The minimum atomic E-state index is -1.77. The van der Waals surface area contributed by atoms with Gasteiger partial charge in [-0.2, -0.15) is 0 Å². The molecule has 1 aromatic rings. The second kappa shape index (κ2) is 8.73. The lowest BCUT2D eigenvalue weighted by molar-refractivity contribution is -0.182. The maximum atomic E-state index is 13.3. The molecule has 32 heavy (non-hydrogen) atoms. The molecule has 8 heteroatoms. The average Bonchev–Trinajstić information content (AvgIpc) is 2.57. The molecule has 1 aromatic carbocycles. The number of methoxy groups -OCH3 is 1. The summed E-state index contributed by atoms with van der Waals surface area (Å²) in [5.41, 5.74) is -3.13. The molecule has 0 amide bonds. The second-order valence-corrected chi connectivity index (χ2v) is 10.5. The third-order valence-corrected chi connectivity index (χ3v) is 5.18. The van der Waals surface area contributed by atoms with Crippen molar-refractivity contribution in [2.24, 2.45) is 11.8 Å². The zero-order valence-electron chi connectivity index (χ0n) is 20.0. The molecule has 1 fully saturated rings. The molecule has 0 aromatic heterocycles. The maximum Gasteiger partial charge on any atom is 0.317 e. The molecule has 1 aliphatic carbocycles. The van der Waals surface area contributed by atoms with E-state index < -0.39 is 58.7 Å². The second-order valence-electron chi connectivity index (χ2n) is 10.5. The summed E-state index contributed by atoms with van der Waals surface area (Å²) in [6.45, 7) is 11.5. The molecule has 2 N–H and O–H groups in total. The molecule has 0 bridgehead atoms. The van der Waals surface area contributed by atoms with Crippen molar-refractivity contribution in [3.8, 4) is 11.5 Å². The number of carbonyl (C=O) groups is 3. The van der Waals surface area contributed by atoms with Crippen LogP contribution in [0.5, 0.6) is 11.5 Å². The average molecular weight is 451 g/mol. The summed E-state index contributed by atoms with van der Waals surface area (Å²) in [6.07, 6.45) is -0.410. The summed E-state index contributed by atoms with van der Waals surface area (Å²) in [5, 5.41) is 21.2. The monoisotopic (exact) mass is 450 g/mol. The van der Waals surface area contributed by atoms with Crippen molar-refractivity contribution >= 4 is 17.7 Å². The van der Waals surface area contributed by atoms with Crippen molar-refractivity contribution in [3.63, 3.8) is 0 Å². The molecule has 0 saturated heterocycles. The number of ether oxygens (including phenoxy) is 3. The van der Waals surface area contributed by atoms with E-state index in [0.717, 1.165) is 0 Å². The Kier molecular flexibility index (Phi) is 7.00. The zero-order chi connectivity index (χ0) is 24.6. The van der Waals surface area contributed by atoms with Gasteiger partial charge < -0.3 is 24.4 Å². The Labute approximate surface area is 188 Å². The van der Waals surface area contributed by atoms with E-state index in [4.69, 9.17) is 14.2 Å². The molecular formula is C24H34O8. The first-order valence-electron chi connectivity index (χ1n) is 10.5. The highest BCUT2D eigenvalue weighted by Gasteiger charge is 2.58. The van der Waals surface area contributed by atoms with Crippen LogP contribution < -0.4 is 4.74 Å². The molecule has 0 spiro atoms. The Bertz CT molecular complexity index is 888. The minimum absolute atomic E-state index is 0.103. The highest BCUT2D eigenvalue weighted by atomic mass is 16.6. The van der Waals surface area contributed by atoms with Crippen molar-refractivity contribution in [2.75, 3.05) is 7.11 Å². The number of phenols is 1. The van der Waals surface area contributed by atoms with Gasteiger partial charge in [0.2, 0.25) is 0 Å². The van der Waals surface area contributed by atoms with Crippen LogP contribution >= 0.6 is 0 Å². The number of aromatic hydroxyl groups is 1. The van der Waals surface area contributed by atoms with E-state index in [1.807, 2.05) is 0 Å². The number of esters is 2. The van der Waals surface area contributed by atoms with Crippen molar-refractivity contribution < 1.29 is 38.8 Å². The van der Waals surface area contributed by atoms with Gasteiger partial charge in [0, 0.05) is 12.3 Å². The molecule has 0 aliphatic heterocycles. The summed E-state index contributed by atoms with van der Waals surface area (Å²) in [5.74, 6) is -5.79. The van der Waals surface area contributed by atoms with Gasteiger partial charge in [0.1, 0.15) is 17.1 Å². The SMILES string of the molecule is COc1cc(C2C(C(=O)OC(C)(C)C)C(=O)CC(C)(O)C2C(=O)OC(C)(C)C)ccc1O. The Morgan fingerprint density at radius 2 is 1.56 bits per heavy atom. The van der Waals surface area contributed by atoms with Gasteiger partial charge in [-0.1, -0.05) is 6.07 Å². The van der Waals surface area contributed by atoms with Crippen LogP contribution in [0, 0.1) is 11.8 Å². The Morgan fingerprint density at radius 3 is 2.06 bits per heavy atom. The van der Waals surface area contributed by atoms with Crippen LogP contribution in [-0.4, -0.2) is 51.8 Å². The van der Waals surface area contributed by atoms with Crippen LogP contribution in [0.15, 0.2) is 18.2 Å². The molecular weight excluding hydrogens is 416 g/mol. The van der Waals surface area contributed by atoms with Crippen LogP contribution in [0.4, 0.5) is 0 Å². The number of aliphatic hydroxyl groups is 1. The normalized spacial score (nSPS) is 26.4. The predicted octanol–water partition coefficient (Wildman–Crippen LogP) is 3.12. The maximum absolute atomic E-state index is 13.3. The molecule has 2 rings (SSSR count). The number of rotatable bonds is 4. The summed E-state index contributed by atoms with van der Waals surface area (Å²) in [4.78, 5) is 39.5. The quantitative estimate of drug-likeness (QED) is 0.530. The van der Waals surface area contributed by atoms with Gasteiger partial charge in [0.25, 0.3) is 0 Å². The van der Waals surface area contributed by atoms with E-state index in [9.17, 15) is 24.6 Å². The Morgan fingerprint density at radius 1 is 1.03 bits per heavy atom. The fourth-order valence-corrected chi connectivity index (χ4v) is 4.05. The molecule has 4 atom stereocenters. The lowest BCUT2D eigenvalue weighted by Gasteiger charge is -2.44. The molecule has 0 radical (unpaired) electrons.